The van der Waals surface area contributed by atoms with Gasteiger partial charge in [-0.05, 0) is 114 Å². The zero-order valence-electron chi connectivity index (χ0n) is 25.9. The maximum Gasteiger partial charge on any atom is 0.136 e. The summed E-state index contributed by atoms with van der Waals surface area (Å²) in [5.74, 6) is 2.85. The van der Waals surface area contributed by atoms with Crippen molar-refractivity contribution < 1.29 is 4.74 Å². The van der Waals surface area contributed by atoms with E-state index in [2.05, 4.69) is 153 Å². The van der Waals surface area contributed by atoms with Crippen LogP contribution in [0.2, 0.25) is 0 Å². The highest BCUT2D eigenvalue weighted by Gasteiger charge is 2.44. The summed E-state index contributed by atoms with van der Waals surface area (Å²) in [7, 11) is 0. The van der Waals surface area contributed by atoms with Gasteiger partial charge in [0.25, 0.3) is 0 Å². The van der Waals surface area contributed by atoms with Crippen LogP contribution in [0.25, 0.3) is 65.7 Å². The van der Waals surface area contributed by atoms with Crippen molar-refractivity contribution in [2.45, 2.75) is 25.2 Å². The molecule has 7 aromatic carbocycles. The van der Waals surface area contributed by atoms with Crippen molar-refractivity contribution in [3.63, 3.8) is 0 Å². The fourth-order valence-corrected chi connectivity index (χ4v) is 8.52. The number of para-hydroxylation sites is 1. The molecule has 2 atom stereocenters. The molecule has 0 N–H and O–H groups in total. The molecule has 0 saturated heterocycles. The van der Waals surface area contributed by atoms with Gasteiger partial charge in [-0.1, -0.05) is 123 Å². The van der Waals surface area contributed by atoms with E-state index in [1.165, 1.54) is 71.3 Å². The van der Waals surface area contributed by atoms with Gasteiger partial charge in [-0.3, -0.25) is 0 Å². The minimum Gasteiger partial charge on any atom is -0.456 e. The summed E-state index contributed by atoms with van der Waals surface area (Å²) >= 11 is 0. The predicted octanol–water partition coefficient (Wildman–Crippen LogP) is 12.4. The summed E-state index contributed by atoms with van der Waals surface area (Å²) in [5, 5.41) is 7.38. The Labute approximate surface area is 269 Å². The van der Waals surface area contributed by atoms with Gasteiger partial charge in [-0.15, -0.1) is 0 Å². The van der Waals surface area contributed by atoms with Crippen LogP contribution in [0.3, 0.4) is 0 Å². The highest BCUT2D eigenvalue weighted by Crippen LogP contribution is 2.54. The summed E-state index contributed by atoms with van der Waals surface area (Å²) in [6.45, 7) is 4.81. The first kappa shape index (κ1) is 25.9. The number of rotatable bonds is 2. The van der Waals surface area contributed by atoms with Crippen molar-refractivity contribution in [3.8, 4) is 44.9 Å². The number of hydrogen-bond donors (Lipinski definition) is 0. The second-order valence-corrected chi connectivity index (χ2v) is 13.8. The molecular formula is C45H32O. The molecule has 0 saturated carbocycles. The van der Waals surface area contributed by atoms with E-state index in [0.717, 1.165) is 17.1 Å². The largest absolute Gasteiger partial charge is 0.456 e. The van der Waals surface area contributed by atoms with Crippen LogP contribution >= 0.6 is 0 Å². The fourth-order valence-electron chi connectivity index (χ4n) is 8.52. The number of fused-ring (bicyclic) bond motifs is 8. The van der Waals surface area contributed by atoms with Gasteiger partial charge in [0.1, 0.15) is 11.5 Å². The van der Waals surface area contributed by atoms with Crippen LogP contribution in [0, 0.1) is 5.92 Å². The lowest BCUT2D eigenvalue weighted by atomic mass is 9.74. The van der Waals surface area contributed by atoms with Crippen LogP contribution < -0.4 is 4.74 Å². The van der Waals surface area contributed by atoms with E-state index in [0.29, 0.717) is 11.8 Å². The Morgan fingerprint density at radius 3 is 2.11 bits per heavy atom. The molecule has 0 spiro atoms. The van der Waals surface area contributed by atoms with Gasteiger partial charge < -0.3 is 4.74 Å². The van der Waals surface area contributed by atoms with Crippen molar-refractivity contribution in [3.05, 3.63) is 157 Å². The zero-order chi connectivity index (χ0) is 30.6. The Balaban J connectivity index is 1.09. The van der Waals surface area contributed by atoms with E-state index in [1.807, 2.05) is 6.07 Å². The minimum absolute atomic E-state index is 0.112. The molecule has 1 heteroatoms. The van der Waals surface area contributed by atoms with Crippen molar-refractivity contribution in [1.29, 1.82) is 0 Å². The molecule has 1 heterocycles. The van der Waals surface area contributed by atoms with Crippen LogP contribution in [-0.2, 0) is 5.41 Å². The Bertz CT molecular complexity index is 2490. The first-order chi connectivity index (χ1) is 22.5. The molecule has 0 fully saturated rings. The van der Waals surface area contributed by atoms with Crippen LogP contribution in [0.1, 0.15) is 30.9 Å². The Hall–Kier alpha value is -5.40. The van der Waals surface area contributed by atoms with Gasteiger partial charge in [0.2, 0.25) is 0 Å². The second kappa shape index (κ2) is 9.31. The maximum absolute atomic E-state index is 6.46. The molecule has 0 bridgehead atoms. The minimum atomic E-state index is 0.112. The number of allylic oxidation sites excluding steroid dienone is 4. The molecule has 1 aliphatic heterocycles. The quantitative estimate of drug-likeness (QED) is 0.183. The molecule has 218 valence electrons. The molecular weight excluding hydrogens is 556 g/mol. The van der Waals surface area contributed by atoms with Crippen LogP contribution in [0.5, 0.6) is 11.5 Å². The van der Waals surface area contributed by atoms with Crippen molar-refractivity contribution in [1.82, 2.24) is 0 Å². The van der Waals surface area contributed by atoms with Gasteiger partial charge in [-0.25, -0.2) is 0 Å². The molecule has 1 nitrogen and oxygen atoms in total. The third kappa shape index (κ3) is 3.63. The topological polar surface area (TPSA) is 9.23 Å². The van der Waals surface area contributed by atoms with E-state index in [1.54, 1.807) is 0 Å². The molecule has 10 rings (SSSR count). The Morgan fingerprint density at radius 2 is 1.24 bits per heavy atom. The van der Waals surface area contributed by atoms with E-state index in [-0.39, 0.29) is 5.41 Å². The zero-order valence-corrected chi connectivity index (χ0v) is 25.9. The fraction of sp³-hybridized carbons (Fsp3) is 0.111. The summed E-state index contributed by atoms with van der Waals surface area (Å²) in [4.78, 5) is 0. The van der Waals surface area contributed by atoms with Crippen LogP contribution in [0.15, 0.2) is 146 Å². The highest BCUT2D eigenvalue weighted by molar-refractivity contribution is 6.18. The molecule has 3 aliphatic rings. The van der Waals surface area contributed by atoms with Crippen molar-refractivity contribution in [2.24, 2.45) is 5.92 Å². The average molecular weight is 589 g/mol. The van der Waals surface area contributed by atoms with E-state index >= 15 is 0 Å². The first-order valence-electron chi connectivity index (χ1n) is 16.3. The van der Waals surface area contributed by atoms with Gasteiger partial charge in [0.15, 0.2) is 0 Å². The number of hydrogen-bond acceptors (Lipinski definition) is 1. The van der Waals surface area contributed by atoms with Crippen molar-refractivity contribution >= 4 is 32.3 Å². The lowest BCUT2D eigenvalue weighted by Crippen LogP contribution is -2.24. The Kier molecular flexibility index (Phi) is 5.24. The normalized spacial score (nSPS) is 18.4. The monoisotopic (exact) mass is 588 g/mol. The van der Waals surface area contributed by atoms with Crippen LogP contribution in [-0.4, -0.2) is 0 Å². The summed E-state index contributed by atoms with van der Waals surface area (Å²) < 4.78 is 6.46. The number of benzene rings is 7. The molecule has 0 amide bonds. The second-order valence-electron chi connectivity index (χ2n) is 13.8. The molecule has 2 aliphatic carbocycles. The summed E-state index contributed by atoms with van der Waals surface area (Å²) in [6.07, 6.45) is 9.20. The smallest absolute Gasteiger partial charge is 0.136 e. The van der Waals surface area contributed by atoms with Gasteiger partial charge >= 0.3 is 0 Å². The molecule has 0 radical (unpaired) electrons. The van der Waals surface area contributed by atoms with E-state index in [9.17, 15) is 0 Å². The van der Waals surface area contributed by atoms with Crippen molar-refractivity contribution in [2.75, 3.05) is 0 Å². The Morgan fingerprint density at radius 1 is 0.522 bits per heavy atom. The maximum atomic E-state index is 6.46. The summed E-state index contributed by atoms with van der Waals surface area (Å²) in [6, 6.07) is 44.9. The molecule has 7 aromatic rings. The van der Waals surface area contributed by atoms with E-state index < -0.39 is 0 Å². The molecule has 46 heavy (non-hydrogen) atoms. The van der Waals surface area contributed by atoms with Gasteiger partial charge in [0.05, 0.1) is 0 Å². The third-order valence-corrected chi connectivity index (χ3v) is 10.9. The standard InChI is InChI=1S/C45H32O/c1-45(2)40-13-7-5-11-35(40)36-20-19-31(25-41(36)45)29-16-15-28-22-30(18-17-27(28)21-29)33-23-38-34-10-4-3-9-32(34)26-43-44(38)39(24-33)37-12-6-8-14-42(37)46-43/h3-26,35,40H,1-2H3. The lowest BCUT2D eigenvalue weighted by molar-refractivity contribution is 0.394. The highest BCUT2D eigenvalue weighted by atomic mass is 16.5. The average Bonchev–Trinajstić information content (AvgIpc) is 3.33. The van der Waals surface area contributed by atoms with Crippen LogP contribution in [0.4, 0.5) is 0 Å². The third-order valence-electron chi connectivity index (χ3n) is 10.9. The summed E-state index contributed by atoms with van der Waals surface area (Å²) in [5.41, 5.74) is 10.5. The molecule has 2 unspecified atom stereocenters. The lowest BCUT2D eigenvalue weighted by Gasteiger charge is -2.29. The van der Waals surface area contributed by atoms with Gasteiger partial charge in [-0.2, -0.15) is 0 Å². The SMILES string of the molecule is CC1(C)c2cc(-c3ccc4cc(-c5cc6c7c(cc8ccccc8c7c5)Oc5ccccc5-6)ccc4c3)ccc2C2C=CC=CC21. The van der Waals surface area contributed by atoms with Gasteiger partial charge in [0, 0.05) is 16.9 Å². The predicted molar refractivity (Wildman–Crippen MR) is 193 cm³/mol. The van der Waals surface area contributed by atoms with E-state index in [4.69, 9.17) is 4.74 Å². The first-order valence-corrected chi connectivity index (χ1v) is 16.3. The number of ether oxygens (including phenoxy) is 1. The molecule has 0 aromatic heterocycles.